The summed E-state index contributed by atoms with van der Waals surface area (Å²) in [6.45, 7) is 3.25. The number of carbonyl (C=O) groups is 1. The number of thioether (sulfide) groups is 1. The van der Waals surface area contributed by atoms with Crippen LogP contribution >= 0.6 is 11.8 Å². The molecule has 0 unspecified atom stereocenters. The van der Waals surface area contributed by atoms with Crippen LogP contribution in [0.25, 0.3) is 0 Å². The van der Waals surface area contributed by atoms with Crippen LogP contribution in [0.1, 0.15) is 35.7 Å². The van der Waals surface area contributed by atoms with Crippen molar-refractivity contribution in [2.24, 2.45) is 0 Å². The highest BCUT2D eigenvalue weighted by Crippen LogP contribution is 2.69. The van der Waals surface area contributed by atoms with Gasteiger partial charge < -0.3 is 4.90 Å². The lowest BCUT2D eigenvalue weighted by Crippen LogP contribution is -2.61. The Balaban J connectivity index is 1.93. The van der Waals surface area contributed by atoms with E-state index in [1.807, 2.05) is 23.9 Å². The Bertz CT molecular complexity index is 504. The summed E-state index contributed by atoms with van der Waals surface area (Å²) >= 11 is 1.99. The van der Waals surface area contributed by atoms with Crippen molar-refractivity contribution in [3.8, 4) is 0 Å². The van der Waals surface area contributed by atoms with Gasteiger partial charge in [-0.25, -0.2) is 0 Å². The molecule has 82 valence electrons. The third-order valence-electron chi connectivity index (χ3n) is 4.15. The molecule has 3 heteroatoms. The van der Waals surface area contributed by atoms with Crippen molar-refractivity contribution in [1.82, 2.24) is 4.90 Å². The third kappa shape index (κ3) is 0.819. The molecule has 3 fully saturated rings. The van der Waals surface area contributed by atoms with Crippen molar-refractivity contribution in [1.29, 1.82) is 0 Å². The normalized spacial score (nSPS) is 39.1. The first-order chi connectivity index (χ1) is 7.65. The van der Waals surface area contributed by atoms with Gasteiger partial charge in [0.15, 0.2) is 0 Å². The molecule has 2 atom stereocenters. The standard InChI is InChI=1S/C13H13NOS/c1-12-6-7-14-11(15)9-4-2-3-5-10(9)13(14,8-12)16-12/h2-5H,6-8H2,1H3/t12-,13+/m0/s1. The van der Waals surface area contributed by atoms with Crippen molar-refractivity contribution in [3.05, 3.63) is 35.4 Å². The quantitative estimate of drug-likeness (QED) is 0.684. The Morgan fingerprint density at radius 3 is 2.94 bits per heavy atom. The zero-order valence-corrected chi connectivity index (χ0v) is 10.0. The van der Waals surface area contributed by atoms with E-state index in [0.717, 1.165) is 24.9 Å². The zero-order chi connectivity index (χ0) is 11.0. The number of hydrogen-bond donors (Lipinski definition) is 0. The molecule has 3 saturated heterocycles. The van der Waals surface area contributed by atoms with Gasteiger partial charge >= 0.3 is 0 Å². The molecule has 4 heterocycles. The van der Waals surface area contributed by atoms with Crippen LogP contribution in [0.15, 0.2) is 24.3 Å². The van der Waals surface area contributed by atoms with Gasteiger partial charge in [-0.3, -0.25) is 4.79 Å². The number of nitrogens with zero attached hydrogens (tertiary/aromatic N) is 1. The second-order valence-electron chi connectivity index (χ2n) is 5.27. The van der Waals surface area contributed by atoms with Gasteiger partial charge in [0.1, 0.15) is 4.87 Å². The lowest BCUT2D eigenvalue weighted by molar-refractivity contribution is 0.0508. The zero-order valence-electron chi connectivity index (χ0n) is 9.19. The van der Waals surface area contributed by atoms with E-state index in [0.29, 0.717) is 4.75 Å². The molecule has 4 aliphatic rings. The average Bonchev–Trinajstić information content (AvgIpc) is 2.51. The number of amides is 1. The third-order valence-corrected chi connectivity index (χ3v) is 5.92. The Labute approximate surface area is 99.0 Å². The van der Waals surface area contributed by atoms with E-state index >= 15 is 0 Å². The summed E-state index contributed by atoms with van der Waals surface area (Å²) in [6.07, 6.45) is 2.27. The number of fused-ring (bicyclic) bond motifs is 2. The molecule has 5 rings (SSSR count). The maximum Gasteiger partial charge on any atom is 0.255 e. The van der Waals surface area contributed by atoms with Gasteiger partial charge in [-0.05, 0) is 18.9 Å². The average molecular weight is 231 g/mol. The van der Waals surface area contributed by atoms with Crippen molar-refractivity contribution >= 4 is 17.7 Å². The highest BCUT2D eigenvalue weighted by Gasteiger charge is 2.65. The molecule has 4 aliphatic heterocycles. The fraction of sp³-hybridized carbons (Fsp3) is 0.462. The van der Waals surface area contributed by atoms with Gasteiger partial charge in [0.2, 0.25) is 0 Å². The Morgan fingerprint density at radius 2 is 2.12 bits per heavy atom. The molecular weight excluding hydrogens is 218 g/mol. The van der Waals surface area contributed by atoms with E-state index in [1.54, 1.807) is 0 Å². The first kappa shape index (κ1) is 9.11. The van der Waals surface area contributed by atoms with Crippen molar-refractivity contribution < 1.29 is 4.79 Å². The maximum absolute atomic E-state index is 12.3. The molecule has 1 aromatic rings. The summed E-state index contributed by atoms with van der Waals surface area (Å²) in [6, 6.07) is 8.12. The Morgan fingerprint density at radius 1 is 1.38 bits per heavy atom. The maximum atomic E-state index is 12.3. The summed E-state index contributed by atoms with van der Waals surface area (Å²) in [7, 11) is 0. The summed E-state index contributed by atoms with van der Waals surface area (Å²) in [5.41, 5.74) is 2.18. The van der Waals surface area contributed by atoms with Gasteiger partial charge in [0.05, 0.1) is 0 Å². The Kier molecular flexibility index (Phi) is 1.41. The minimum atomic E-state index is 0.000671. The van der Waals surface area contributed by atoms with Crippen LogP contribution in [0.2, 0.25) is 0 Å². The van der Waals surface area contributed by atoms with Gasteiger partial charge in [0.25, 0.3) is 5.91 Å². The van der Waals surface area contributed by atoms with E-state index in [-0.39, 0.29) is 10.8 Å². The highest BCUT2D eigenvalue weighted by molar-refractivity contribution is 8.03. The van der Waals surface area contributed by atoms with Crippen LogP contribution in [0.4, 0.5) is 0 Å². The summed E-state index contributed by atoms with van der Waals surface area (Å²) in [4.78, 5) is 14.4. The molecule has 0 saturated carbocycles. The minimum Gasteiger partial charge on any atom is -0.320 e. The fourth-order valence-corrected chi connectivity index (χ4v) is 5.45. The van der Waals surface area contributed by atoms with Gasteiger partial charge in [-0.15, -0.1) is 11.8 Å². The van der Waals surface area contributed by atoms with Crippen molar-refractivity contribution in [2.75, 3.05) is 6.54 Å². The Hall–Kier alpha value is -0.960. The second kappa shape index (κ2) is 2.48. The SMILES string of the molecule is C[C@]12CCN3C(=O)c4ccccc4[C@@]3(C1)S2. The fourth-order valence-electron chi connectivity index (χ4n) is 3.44. The van der Waals surface area contributed by atoms with Crippen LogP contribution in [0, 0.1) is 0 Å². The van der Waals surface area contributed by atoms with Crippen LogP contribution in [-0.2, 0) is 4.87 Å². The first-order valence-corrected chi connectivity index (χ1v) is 6.58. The summed E-state index contributed by atoms with van der Waals surface area (Å²) in [5, 5.41) is 0. The van der Waals surface area contributed by atoms with E-state index in [9.17, 15) is 4.79 Å². The molecule has 1 spiro atoms. The predicted octanol–water partition coefficient (Wildman–Crippen LogP) is 2.59. The number of carbonyl (C=O) groups excluding carboxylic acids is 1. The molecule has 0 aliphatic carbocycles. The lowest BCUT2D eigenvalue weighted by Gasteiger charge is -2.61. The van der Waals surface area contributed by atoms with E-state index < -0.39 is 0 Å². The molecule has 0 aromatic heterocycles. The van der Waals surface area contributed by atoms with Crippen LogP contribution in [0.5, 0.6) is 0 Å². The molecule has 0 radical (unpaired) electrons. The molecule has 1 amide bonds. The summed E-state index contributed by atoms with van der Waals surface area (Å²) < 4.78 is 0.411. The lowest BCUT2D eigenvalue weighted by atomic mass is 9.86. The molecule has 0 N–H and O–H groups in total. The molecule has 2 bridgehead atoms. The van der Waals surface area contributed by atoms with E-state index in [1.165, 1.54) is 5.56 Å². The van der Waals surface area contributed by atoms with Gasteiger partial charge in [0, 0.05) is 22.4 Å². The van der Waals surface area contributed by atoms with Crippen LogP contribution < -0.4 is 0 Å². The number of rotatable bonds is 0. The molecular formula is C13H13NOS. The number of piperidine rings is 1. The monoisotopic (exact) mass is 231 g/mol. The van der Waals surface area contributed by atoms with Gasteiger partial charge in [-0.1, -0.05) is 25.1 Å². The van der Waals surface area contributed by atoms with Crippen molar-refractivity contribution in [3.63, 3.8) is 0 Å². The van der Waals surface area contributed by atoms with Crippen LogP contribution in [-0.4, -0.2) is 22.1 Å². The minimum absolute atomic E-state index is 0.000671. The smallest absolute Gasteiger partial charge is 0.255 e. The molecule has 16 heavy (non-hydrogen) atoms. The first-order valence-electron chi connectivity index (χ1n) is 5.76. The van der Waals surface area contributed by atoms with Crippen LogP contribution in [0.3, 0.4) is 0 Å². The van der Waals surface area contributed by atoms with Gasteiger partial charge in [-0.2, -0.15) is 0 Å². The van der Waals surface area contributed by atoms with E-state index in [4.69, 9.17) is 0 Å². The van der Waals surface area contributed by atoms with Crippen molar-refractivity contribution in [2.45, 2.75) is 29.4 Å². The second-order valence-corrected chi connectivity index (χ2v) is 7.13. The molecule has 2 nitrogen and oxygen atoms in total. The predicted molar refractivity (Wildman–Crippen MR) is 64.4 cm³/mol. The molecule has 1 aromatic carbocycles. The number of benzene rings is 1. The van der Waals surface area contributed by atoms with E-state index in [2.05, 4.69) is 24.0 Å². The largest absolute Gasteiger partial charge is 0.320 e. The number of hydrogen-bond acceptors (Lipinski definition) is 2. The highest BCUT2D eigenvalue weighted by atomic mass is 32.2. The topological polar surface area (TPSA) is 20.3 Å². The summed E-state index contributed by atoms with van der Waals surface area (Å²) in [5.74, 6) is 0.241.